The SMILES string of the molecule is [c]1ccc(CCCCc2ccccc2)cc1. The molecule has 0 saturated carbocycles. The van der Waals surface area contributed by atoms with Crippen LogP contribution in [0, 0.1) is 6.07 Å². The molecule has 0 unspecified atom stereocenters. The van der Waals surface area contributed by atoms with Crippen LogP contribution in [0.15, 0.2) is 54.6 Å². The molecule has 0 aliphatic carbocycles. The van der Waals surface area contributed by atoms with Gasteiger partial charge < -0.3 is 0 Å². The van der Waals surface area contributed by atoms with Crippen molar-refractivity contribution in [2.75, 3.05) is 0 Å². The average Bonchev–Trinajstić information content (AvgIpc) is 2.37. The minimum absolute atomic E-state index is 1.18. The zero-order chi connectivity index (χ0) is 11.1. The molecule has 16 heavy (non-hydrogen) atoms. The Morgan fingerprint density at radius 3 is 1.88 bits per heavy atom. The van der Waals surface area contributed by atoms with Gasteiger partial charge in [0, 0.05) is 0 Å². The smallest absolute Gasteiger partial charge is 0.0184 e. The number of rotatable bonds is 5. The summed E-state index contributed by atoms with van der Waals surface area (Å²) in [5, 5.41) is 0. The molecule has 0 bridgehead atoms. The maximum atomic E-state index is 3.05. The van der Waals surface area contributed by atoms with E-state index < -0.39 is 0 Å². The van der Waals surface area contributed by atoms with E-state index in [1.54, 1.807) is 0 Å². The Hall–Kier alpha value is -1.56. The molecule has 0 nitrogen and oxygen atoms in total. The van der Waals surface area contributed by atoms with Crippen LogP contribution in [0.2, 0.25) is 0 Å². The molecule has 0 saturated heterocycles. The van der Waals surface area contributed by atoms with Gasteiger partial charge in [-0.05, 0) is 42.9 Å². The van der Waals surface area contributed by atoms with E-state index >= 15 is 0 Å². The van der Waals surface area contributed by atoms with E-state index in [0.717, 1.165) is 0 Å². The van der Waals surface area contributed by atoms with Gasteiger partial charge in [-0.2, -0.15) is 0 Å². The fourth-order valence-electron chi connectivity index (χ4n) is 1.89. The summed E-state index contributed by atoms with van der Waals surface area (Å²) < 4.78 is 0. The van der Waals surface area contributed by atoms with Crippen molar-refractivity contribution in [3.8, 4) is 0 Å². The highest BCUT2D eigenvalue weighted by atomic mass is 14.0. The van der Waals surface area contributed by atoms with Gasteiger partial charge in [0.15, 0.2) is 0 Å². The van der Waals surface area contributed by atoms with Crippen LogP contribution >= 0.6 is 0 Å². The molecule has 0 spiro atoms. The summed E-state index contributed by atoms with van der Waals surface area (Å²) in [5.74, 6) is 0. The normalized spacial score (nSPS) is 10.2. The highest BCUT2D eigenvalue weighted by Gasteiger charge is 1.94. The van der Waals surface area contributed by atoms with Crippen molar-refractivity contribution in [2.45, 2.75) is 25.7 Å². The first-order valence-corrected chi connectivity index (χ1v) is 5.94. The molecule has 81 valence electrons. The van der Waals surface area contributed by atoms with Crippen LogP contribution in [0.5, 0.6) is 0 Å². The van der Waals surface area contributed by atoms with Crippen LogP contribution in [-0.4, -0.2) is 0 Å². The Kier molecular flexibility index (Phi) is 4.18. The summed E-state index contributed by atoms with van der Waals surface area (Å²) in [4.78, 5) is 0. The molecule has 0 atom stereocenters. The molecule has 0 aromatic heterocycles. The fourth-order valence-corrected chi connectivity index (χ4v) is 1.89. The zero-order valence-electron chi connectivity index (χ0n) is 9.52. The number of aryl methyl sites for hydroxylation is 2. The second kappa shape index (κ2) is 6.12. The van der Waals surface area contributed by atoms with Crippen molar-refractivity contribution in [2.24, 2.45) is 0 Å². The first-order chi connectivity index (χ1) is 7.95. The van der Waals surface area contributed by atoms with Crippen molar-refractivity contribution < 1.29 is 0 Å². The fraction of sp³-hybridized carbons (Fsp3) is 0.250. The predicted molar refractivity (Wildman–Crippen MR) is 68.4 cm³/mol. The monoisotopic (exact) mass is 209 g/mol. The van der Waals surface area contributed by atoms with Crippen LogP contribution < -0.4 is 0 Å². The van der Waals surface area contributed by atoms with Crippen molar-refractivity contribution in [3.05, 3.63) is 71.8 Å². The third-order valence-corrected chi connectivity index (χ3v) is 2.81. The summed E-state index contributed by atoms with van der Waals surface area (Å²) in [6, 6.07) is 22.1. The van der Waals surface area contributed by atoms with E-state index in [0.29, 0.717) is 0 Å². The summed E-state index contributed by atoms with van der Waals surface area (Å²) in [6.45, 7) is 0. The van der Waals surface area contributed by atoms with Crippen molar-refractivity contribution in [3.63, 3.8) is 0 Å². The molecule has 2 rings (SSSR count). The van der Waals surface area contributed by atoms with Crippen LogP contribution in [0.1, 0.15) is 24.0 Å². The van der Waals surface area contributed by atoms with E-state index in [9.17, 15) is 0 Å². The molecule has 0 aliphatic rings. The predicted octanol–water partition coefficient (Wildman–Crippen LogP) is 4.05. The lowest BCUT2D eigenvalue weighted by atomic mass is 10.0. The Morgan fingerprint density at radius 1 is 0.688 bits per heavy atom. The summed E-state index contributed by atoms with van der Waals surface area (Å²) in [6.07, 6.45) is 4.91. The lowest BCUT2D eigenvalue weighted by Gasteiger charge is -2.02. The van der Waals surface area contributed by atoms with Crippen molar-refractivity contribution in [1.82, 2.24) is 0 Å². The molecule has 2 aromatic carbocycles. The van der Waals surface area contributed by atoms with E-state index in [1.807, 2.05) is 12.1 Å². The van der Waals surface area contributed by atoms with Crippen molar-refractivity contribution >= 4 is 0 Å². The van der Waals surface area contributed by atoms with Gasteiger partial charge in [0.25, 0.3) is 0 Å². The van der Waals surface area contributed by atoms with Gasteiger partial charge in [0.2, 0.25) is 0 Å². The Balaban J connectivity index is 1.70. The molecule has 0 heteroatoms. The summed E-state index contributed by atoms with van der Waals surface area (Å²) >= 11 is 0. The molecule has 0 fully saturated rings. The maximum Gasteiger partial charge on any atom is -0.0184 e. The molecule has 0 heterocycles. The molecule has 0 N–H and O–H groups in total. The molecule has 0 amide bonds. The van der Waals surface area contributed by atoms with E-state index in [2.05, 4.69) is 48.5 Å². The van der Waals surface area contributed by atoms with Gasteiger partial charge >= 0.3 is 0 Å². The number of hydrogen-bond acceptors (Lipinski definition) is 0. The lowest BCUT2D eigenvalue weighted by Crippen LogP contribution is -1.88. The third kappa shape index (κ3) is 3.54. The Labute approximate surface area is 97.9 Å². The van der Waals surface area contributed by atoms with Crippen LogP contribution in [-0.2, 0) is 12.8 Å². The minimum Gasteiger partial charge on any atom is -0.0622 e. The second-order valence-electron chi connectivity index (χ2n) is 4.10. The van der Waals surface area contributed by atoms with Gasteiger partial charge in [-0.3, -0.25) is 0 Å². The third-order valence-electron chi connectivity index (χ3n) is 2.81. The molecule has 2 aromatic rings. The summed E-state index contributed by atoms with van der Waals surface area (Å²) in [5.41, 5.74) is 2.87. The zero-order valence-corrected chi connectivity index (χ0v) is 9.52. The standard InChI is InChI=1S/C16H17/c1-3-9-15(10-4-1)13-7-8-14-16-11-5-2-6-12-16/h1,3-6,9-12H,7-8,13-14H2. The topological polar surface area (TPSA) is 0 Å². The number of benzene rings is 2. The van der Waals surface area contributed by atoms with Gasteiger partial charge in [0.1, 0.15) is 0 Å². The largest absolute Gasteiger partial charge is 0.0622 e. The van der Waals surface area contributed by atoms with Crippen molar-refractivity contribution in [1.29, 1.82) is 0 Å². The first kappa shape index (κ1) is 10.9. The quantitative estimate of drug-likeness (QED) is 0.652. The Bertz CT molecular complexity index is 347. The van der Waals surface area contributed by atoms with Crippen LogP contribution in [0.4, 0.5) is 0 Å². The molecule has 1 radical (unpaired) electrons. The molecule has 0 aliphatic heterocycles. The average molecular weight is 209 g/mol. The van der Waals surface area contributed by atoms with Gasteiger partial charge in [0.05, 0.1) is 0 Å². The highest BCUT2D eigenvalue weighted by molar-refractivity contribution is 5.15. The van der Waals surface area contributed by atoms with Crippen LogP contribution in [0.25, 0.3) is 0 Å². The van der Waals surface area contributed by atoms with E-state index in [1.165, 1.54) is 36.8 Å². The number of hydrogen-bond donors (Lipinski definition) is 0. The van der Waals surface area contributed by atoms with Gasteiger partial charge in [-0.15, -0.1) is 0 Å². The van der Waals surface area contributed by atoms with Gasteiger partial charge in [-0.25, -0.2) is 0 Å². The van der Waals surface area contributed by atoms with Gasteiger partial charge in [-0.1, -0.05) is 54.6 Å². The lowest BCUT2D eigenvalue weighted by molar-refractivity contribution is 0.734. The van der Waals surface area contributed by atoms with Crippen LogP contribution in [0.3, 0.4) is 0 Å². The Morgan fingerprint density at radius 2 is 1.25 bits per heavy atom. The first-order valence-electron chi connectivity index (χ1n) is 5.94. The summed E-state index contributed by atoms with van der Waals surface area (Å²) in [7, 11) is 0. The number of unbranched alkanes of at least 4 members (excludes halogenated alkanes) is 1. The highest BCUT2D eigenvalue weighted by Crippen LogP contribution is 2.08. The minimum atomic E-state index is 1.18. The van der Waals surface area contributed by atoms with E-state index in [-0.39, 0.29) is 0 Å². The van der Waals surface area contributed by atoms with E-state index in [4.69, 9.17) is 0 Å². The molecular weight excluding hydrogens is 192 g/mol. The second-order valence-corrected chi connectivity index (χ2v) is 4.10. The molecular formula is C16H17. The maximum absolute atomic E-state index is 3.05.